The molecule has 0 saturated heterocycles. The molecule has 0 aromatic carbocycles. The van der Waals surface area contributed by atoms with Gasteiger partial charge in [-0.1, -0.05) is 254 Å². The van der Waals surface area contributed by atoms with Crippen molar-refractivity contribution in [2.75, 3.05) is 47.5 Å². The zero-order valence-corrected chi connectivity index (χ0v) is 49.7. The summed E-state index contributed by atoms with van der Waals surface area (Å²) in [6, 6.07) is 0. The average Bonchev–Trinajstić information content (AvgIpc) is 3.38. The minimum absolute atomic E-state index is 0.185. The Morgan fingerprint density at radius 3 is 1.12 bits per heavy atom. The van der Waals surface area contributed by atoms with E-state index in [1.54, 1.807) is 0 Å². The van der Waals surface area contributed by atoms with Crippen molar-refractivity contribution < 1.29 is 42.9 Å². The number of allylic oxidation sites excluding steroid dienone is 10. The van der Waals surface area contributed by atoms with E-state index in [-0.39, 0.29) is 38.6 Å². The standard InChI is InChI=1S/C66H119NO8/c1-6-8-10-12-14-16-18-20-21-22-23-24-25-26-27-28-29-30-31-32-33-34-35-36-37-38-39-40-41-42-43-45-47-49-51-53-55-57-64(69)75-62(61-74-66(65(70)71)72-59-58-67(3,4)5)60-73-63(68)56-54-52-50-48-46-44-19-17-15-13-11-9-7-2/h11,13,17-20,22-23,25-26,62,66H,6-10,12,14-16,21,24,27-61H2,1-5H3/p+1/b13-11-,19-17-,20-18-,23-22-,26-25-. The maximum atomic E-state index is 12.9. The molecule has 0 heterocycles. The largest absolute Gasteiger partial charge is 0.477 e. The first kappa shape index (κ1) is 72.0. The van der Waals surface area contributed by atoms with Crippen molar-refractivity contribution in [2.45, 2.75) is 296 Å². The summed E-state index contributed by atoms with van der Waals surface area (Å²) in [6.45, 7) is 4.80. The number of quaternary nitrogens is 1. The molecule has 0 spiro atoms. The summed E-state index contributed by atoms with van der Waals surface area (Å²) in [5, 5.41) is 9.69. The summed E-state index contributed by atoms with van der Waals surface area (Å²) in [5.74, 6) is -2.01. The SMILES string of the molecule is CCC/C=C\C/C=C\CCCCCCCC(=O)OCC(COC(OCC[N+](C)(C)C)C(=O)O)OC(=O)CCCCCCCCCCCCCCCCCCCCCCCC/C=C\C/C=C\C/C=C\CCCCCCC. The van der Waals surface area contributed by atoms with Gasteiger partial charge in [0.2, 0.25) is 0 Å². The molecule has 0 radical (unpaired) electrons. The van der Waals surface area contributed by atoms with Crippen LogP contribution in [0.4, 0.5) is 0 Å². The molecule has 0 aromatic rings. The summed E-state index contributed by atoms with van der Waals surface area (Å²) in [4.78, 5) is 37.4. The fraction of sp³-hybridized carbons (Fsp3) is 0.803. The zero-order chi connectivity index (χ0) is 54.8. The maximum Gasteiger partial charge on any atom is 0.361 e. The number of carboxylic acids is 1. The Kier molecular flexibility index (Phi) is 54.9. The summed E-state index contributed by atoms with van der Waals surface area (Å²) in [7, 11) is 5.97. The summed E-state index contributed by atoms with van der Waals surface area (Å²) in [6.07, 6.45) is 70.5. The molecular weight excluding hydrogens is 935 g/mol. The van der Waals surface area contributed by atoms with Crippen LogP contribution in [0.3, 0.4) is 0 Å². The molecule has 2 unspecified atom stereocenters. The Morgan fingerprint density at radius 1 is 0.400 bits per heavy atom. The van der Waals surface area contributed by atoms with E-state index in [0.29, 0.717) is 11.0 Å². The average molecular weight is 1060 g/mol. The van der Waals surface area contributed by atoms with Gasteiger partial charge in [0.15, 0.2) is 6.10 Å². The molecule has 0 aromatic heterocycles. The second-order valence-corrected chi connectivity index (χ2v) is 22.4. The number of esters is 2. The van der Waals surface area contributed by atoms with E-state index in [9.17, 15) is 19.5 Å². The van der Waals surface area contributed by atoms with Crippen molar-refractivity contribution in [3.05, 3.63) is 60.8 Å². The van der Waals surface area contributed by atoms with Crippen LogP contribution in [0, 0.1) is 0 Å². The van der Waals surface area contributed by atoms with Crippen molar-refractivity contribution >= 4 is 17.9 Å². The molecule has 0 amide bonds. The van der Waals surface area contributed by atoms with Crippen LogP contribution < -0.4 is 0 Å². The fourth-order valence-electron chi connectivity index (χ4n) is 8.88. The van der Waals surface area contributed by atoms with E-state index in [0.717, 1.165) is 83.5 Å². The highest BCUT2D eigenvalue weighted by molar-refractivity contribution is 5.71. The van der Waals surface area contributed by atoms with Crippen LogP contribution in [0.2, 0.25) is 0 Å². The van der Waals surface area contributed by atoms with Crippen LogP contribution in [0.1, 0.15) is 284 Å². The smallest absolute Gasteiger partial charge is 0.361 e. The normalized spacial score (nSPS) is 13.1. The third-order valence-corrected chi connectivity index (χ3v) is 13.7. The number of ether oxygens (including phenoxy) is 4. The van der Waals surface area contributed by atoms with Crippen LogP contribution in [0.15, 0.2) is 60.8 Å². The number of aliphatic carboxylic acids is 1. The van der Waals surface area contributed by atoms with E-state index in [1.165, 1.54) is 173 Å². The summed E-state index contributed by atoms with van der Waals surface area (Å²) < 4.78 is 22.8. The van der Waals surface area contributed by atoms with Gasteiger partial charge in [0.25, 0.3) is 6.29 Å². The molecule has 2 atom stereocenters. The highest BCUT2D eigenvalue weighted by Gasteiger charge is 2.25. The van der Waals surface area contributed by atoms with Crippen LogP contribution in [-0.4, -0.2) is 87.4 Å². The fourth-order valence-corrected chi connectivity index (χ4v) is 8.88. The number of unbranched alkanes of at least 4 members (excludes halogenated alkanes) is 33. The van der Waals surface area contributed by atoms with E-state index >= 15 is 0 Å². The Balaban J connectivity index is 3.99. The molecule has 0 fully saturated rings. The quantitative estimate of drug-likeness (QED) is 0.0211. The van der Waals surface area contributed by atoms with Crippen LogP contribution >= 0.6 is 0 Å². The first-order chi connectivity index (χ1) is 36.6. The van der Waals surface area contributed by atoms with Crippen molar-refractivity contribution in [1.82, 2.24) is 0 Å². The van der Waals surface area contributed by atoms with Gasteiger partial charge in [-0.2, -0.15) is 0 Å². The number of carbonyl (C=O) groups excluding carboxylic acids is 2. The number of carbonyl (C=O) groups is 3. The summed E-state index contributed by atoms with van der Waals surface area (Å²) in [5.41, 5.74) is 0. The van der Waals surface area contributed by atoms with Gasteiger partial charge in [-0.3, -0.25) is 9.59 Å². The zero-order valence-electron chi connectivity index (χ0n) is 49.7. The lowest BCUT2D eigenvalue weighted by atomic mass is 10.0. The molecule has 9 heteroatoms. The molecule has 0 aliphatic heterocycles. The first-order valence-corrected chi connectivity index (χ1v) is 31.5. The molecule has 0 rings (SSSR count). The van der Waals surface area contributed by atoms with Crippen LogP contribution in [0.25, 0.3) is 0 Å². The van der Waals surface area contributed by atoms with Crippen LogP contribution in [0.5, 0.6) is 0 Å². The molecular formula is C66H120NO8+. The van der Waals surface area contributed by atoms with Gasteiger partial charge in [0, 0.05) is 12.8 Å². The number of hydrogen-bond donors (Lipinski definition) is 1. The molecule has 1 N–H and O–H groups in total. The van der Waals surface area contributed by atoms with Gasteiger partial charge in [0.1, 0.15) is 13.2 Å². The molecule has 0 bridgehead atoms. The van der Waals surface area contributed by atoms with Gasteiger partial charge in [-0.25, -0.2) is 4.79 Å². The van der Waals surface area contributed by atoms with E-state index in [4.69, 9.17) is 18.9 Å². The van der Waals surface area contributed by atoms with Crippen molar-refractivity contribution in [3.8, 4) is 0 Å². The maximum absolute atomic E-state index is 12.9. The van der Waals surface area contributed by atoms with Gasteiger partial charge >= 0.3 is 17.9 Å². The second-order valence-electron chi connectivity index (χ2n) is 22.4. The molecule has 0 aliphatic carbocycles. The highest BCUT2D eigenvalue weighted by atomic mass is 16.7. The van der Waals surface area contributed by atoms with Gasteiger partial charge in [-0.15, -0.1) is 0 Å². The number of nitrogens with zero attached hydrogens (tertiary/aromatic N) is 1. The minimum atomic E-state index is -1.51. The molecule has 0 saturated carbocycles. The number of likely N-dealkylation sites (N-methyl/N-ethyl adjacent to an activating group) is 1. The third-order valence-electron chi connectivity index (χ3n) is 13.7. The molecule has 75 heavy (non-hydrogen) atoms. The topological polar surface area (TPSA) is 108 Å². The van der Waals surface area contributed by atoms with Crippen molar-refractivity contribution in [1.29, 1.82) is 0 Å². The minimum Gasteiger partial charge on any atom is -0.477 e. The monoisotopic (exact) mass is 1050 g/mol. The lowest BCUT2D eigenvalue weighted by molar-refractivity contribution is -0.870. The van der Waals surface area contributed by atoms with E-state index in [2.05, 4.69) is 74.6 Å². The Hall–Kier alpha value is -3.01. The lowest BCUT2D eigenvalue weighted by Gasteiger charge is -2.25. The van der Waals surface area contributed by atoms with E-state index in [1.807, 2.05) is 21.1 Å². The molecule has 9 nitrogen and oxygen atoms in total. The number of carboxylic acid groups (broad SMARTS) is 1. The molecule has 436 valence electrons. The number of hydrogen-bond acceptors (Lipinski definition) is 7. The van der Waals surface area contributed by atoms with Gasteiger partial charge < -0.3 is 28.5 Å². The predicted molar refractivity (Wildman–Crippen MR) is 318 cm³/mol. The predicted octanol–water partition coefficient (Wildman–Crippen LogP) is 18.8. The summed E-state index contributed by atoms with van der Waals surface area (Å²) >= 11 is 0. The Labute approximate surface area is 463 Å². The highest BCUT2D eigenvalue weighted by Crippen LogP contribution is 2.17. The second kappa shape index (κ2) is 57.2. The first-order valence-electron chi connectivity index (χ1n) is 31.5. The lowest BCUT2D eigenvalue weighted by Crippen LogP contribution is -2.40. The Bertz CT molecular complexity index is 1410. The van der Waals surface area contributed by atoms with Crippen LogP contribution in [-0.2, 0) is 33.3 Å². The number of rotatable bonds is 58. The van der Waals surface area contributed by atoms with E-state index < -0.39 is 24.3 Å². The van der Waals surface area contributed by atoms with Crippen molar-refractivity contribution in [2.24, 2.45) is 0 Å². The van der Waals surface area contributed by atoms with Crippen molar-refractivity contribution in [3.63, 3.8) is 0 Å². The van der Waals surface area contributed by atoms with Gasteiger partial charge in [-0.05, 0) is 77.0 Å². The third kappa shape index (κ3) is 58.5. The molecule has 0 aliphatic rings. The van der Waals surface area contributed by atoms with Gasteiger partial charge in [0.05, 0.1) is 34.4 Å². The Morgan fingerprint density at radius 2 is 0.747 bits per heavy atom.